The Hall–Kier alpha value is -0.840. The molecule has 2 rings (SSSR count). The molecule has 0 aliphatic carbocycles. The molecule has 1 unspecified atom stereocenters. The van der Waals surface area contributed by atoms with Crippen LogP contribution < -0.4 is 5.73 Å². The van der Waals surface area contributed by atoms with E-state index >= 15 is 0 Å². The molecule has 2 nitrogen and oxygen atoms in total. The van der Waals surface area contributed by atoms with Crippen molar-refractivity contribution in [2.24, 2.45) is 11.7 Å². The standard InChI is InChI=1S/C15H20N2S2/c1-10(2)13(8-16)14-9-19-15(17-14)11-4-6-12(18-3)7-5-11/h4-7,9-10,13H,8,16H2,1-3H3. The maximum Gasteiger partial charge on any atom is 0.123 e. The number of rotatable bonds is 5. The number of hydrogen-bond acceptors (Lipinski definition) is 4. The van der Waals surface area contributed by atoms with Crippen molar-refractivity contribution in [1.82, 2.24) is 4.98 Å². The van der Waals surface area contributed by atoms with Crippen molar-refractivity contribution in [2.45, 2.75) is 24.7 Å². The lowest BCUT2D eigenvalue weighted by Crippen LogP contribution is -2.18. The zero-order valence-electron chi connectivity index (χ0n) is 11.6. The number of benzene rings is 1. The highest BCUT2D eigenvalue weighted by Gasteiger charge is 2.17. The van der Waals surface area contributed by atoms with E-state index in [4.69, 9.17) is 10.7 Å². The van der Waals surface area contributed by atoms with Crippen molar-refractivity contribution in [1.29, 1.82) is 0 Å². The fourth-order valence-corrected chi connectivity index (χ4v) is 3.36. The van der Waals surface area contributed by atoms with Crippen molar-refractivity contribution >= 4 is 23.1 Å². The summed E-state index contributed by atoms with van der Waals surface area (Å²) >= 11 is 3.46. The largest absolute Gasteiger partial charge is 0.330 e. The van der Waals surface area contributed by atoms with E-state index in [0.29, 0.717) is 18.4 Å². The minimum Gasteiger partial charge on any atom is -0.330 e. The Balaban J connectivity index is 2.24. The fourth-order valence-electron chi connectivity index (χ4n) is 2.06. The smallest absolute Gasteiger partial charge is 0.123 e. The van der Waals surface area contributed by atoms with Crippen LogP contribution in [0.2, 0.25) is 0 Å². The Morgan fingerprint density at radius 3 is 2.47 bits per heavy atom. The molecule has 0 amide bonds. The zero-order valence-corrected chi connectivity index (χ0v) is 13.2. The van der Waals surface area contributed by atoms with E-state index in [9.17, 15) is 0 Å². The summed E-state index contributed by atoms with van der Waals surface area (Å²) in [6.07, 6.45) is 2.09. The Morgan fingerprint density at radius 1 is 1.26 bits per heavy atom. The molecular formula is C15H20N2S2. The van der Waals surface area contributed by atoms with Gasteiger partial charge in [-0.3, -0.25) is 0 Å². The number of thiazole rings is 1. The summed E-state index contributed by atoms with van der Waals surface area (Å²) in [4.78, 5) is 6.04. The van der Waals surface area contributed by atoms with Gasteiger partial charge in [0.25, 0.3) is 0 Å². The second kappa shape index (κ2) is 6.55. The van der Waals surface area contributed by atoms with Crippen LogP contribution in [0.5, 0.6) is 0 Å². The van der Waals surface area contributed by atoms with E-state index < -0.39 is 0 Å². The Morgan fingerprint density at radius 2 is 1.95 bits per heavy atom. The van der Waals surface area contributed by atoms with Gasteiger partial charge in [0, 0.05) is 28.3 Å². The third-order valence-electron chi connectivity index (χ3n) is 3.30. The van der Waals surface area contributed by atoms with Crippen LogP contribution in [0.15, 0.2) is 34.5 Å². The van der Waals surface area contributed by atoms with E-state index in [-0.39, 0.29) is 0 Å². The summed E-state index contributed by atoms with van der Waals surface area (Å²) in [5.74, 6) is 0.884. The molecule has 1 aromatic heterocycles. The Labute approximate surface area is 123 Å². The maximum atomic E-state index is 5.85. The summed E-state index contributed by atoms with van der Waals surface area (Å²) in [7, 11) is 0. The van der Waals surface area contributed by atoms with E-state index in [1.54, 1.807) is 23.1 Å². The average molecular weight is 292 g/mol. The monoisotopic (exact) mass is 292 g/mol. The SMILES string of the molecule is CSc1ccc(-c2nc(C(CN)C(C)C)cs2)cc1. The molecule has 0 radical (unpaired) electrons. The van der Waals surface area contributed by atoms with Crippen molar-refractivity contribution in [2.75, 3.05) is 12.8 Å². The van der Waals surface area contributed by atoms with E-state index in [0.717, 1.165) is 10.7 Å². The minimum atomic E-state index is 0.357. The van der Waals surface area contributed by atoms with Crippen molar-refractivity contribution < 1.29 is 0 Å². The van der Waals surface area contributed by atoms with Gasteiger partial charge in [-0.15, -0.1) is 23.1 Å². The van der Waals surface area contributed by atoms with Crippen LogP contribution in [-0.2, 0) is 0 Å². The normalized spacial score (nSPS) is 12.9. The molecule has 0 bridgehead atoms. The topological polar surface area (TPSA) is 38.9 Å². The van der Waals surface area contributed by atoms with E-state index in [2.05, 4.69) is 49.7 Å². The second-order valence-corrected chi connectivity index (χ2v) is 6.63. The number of nitrogens with zero attached hydrogens (tertiary/aromatic N) is 1. The lowest BCUT2D eigenvalue weighted by Gasteiger charge is -2.15. The number of hydrogen-bond donors (Lipinski definition) is 1. The summed E-state index contributed by atoms with van der Waals surface area (Å²) in [6.45, 7) is 5.06. The van der Waals surface area contributed by atoms with Crippen LogP contribution in [-0.4, -0.2) is 17.8 Å². The molecule has 102 valence electrons. The minimum absolute atomic E-state index is 0.357. The second-order valence-electron chi connectivity index (χ2n) is 4.89. The van der Waals surface area contributed by atoms with Crippen LogP contribution in [0.25, 0.3) is 10.6 Å². The highest BCUT2D eigenvalue weighted by Crippen LogP contribution is 2.30. The third kappa shape index (κ3) is 3.38. The molecule has 1 aromatic carbocycles. The molecule has 0 saturated carbocycles. The van der Waals surface area contributed by atoms with Crippen molar-refractivity contribution in [3.63, 3.8) is 0 Å². The van der Waals surface area contributed by atoms with Crippen LogP contribution in [0.3, 0.4) is 0 Å². The maximum absolute atomic E-state index is 5.85. The first kappa shape index (κ1) is 14.6. The van der Waals surface area contributed by atoms with Crippen LogP contribution in [0.4, 0.5) is 0 Å². The van der Waals surface area contributed by atoms with Gasteiger partial charge in [0.1, 0.15) is 5.01 Å². The number of thioether (sulfide) groups is 1. The summed E-state index contributed by atoms with van der Waals surface area (Å²) in [5.41, 5.74) is 8.17. The molecule has 0 aliphatic heterocycles. The highest BCUT2D eigenvalue weighted by atomic mass is 32.2. The van der Waals surface area contributed by atoms with E-state index in [1.165, 1.54) is 10.5 Å². The van der Waals surface area contributed by atoms with Gasteiger partial charge < -0.3 is 5.73 Å². The van der Waals surface area contributed by atoms with E-state index in [1.807, 2.05) is 0 Å². The first-order valence-electron chi connectivity index (χ1n) is 6.45. The molecule has 1 atom stereocenters. The van der Waals surface area contributed by atoms with Crippen LogP contribution in [0.1, 0.15) is 25.5 Å². The Kier molecular flexibility index (Phi) is 5.02. The summed E-state index contributed by atoms with van der Waals surface area (Å²) < 4.78 is 0. The molecule has 2 N–H and O–H groups in total. The molecule has 2 aromatic rings. The van der Waals surface area contributed by atoms with Gasteiger partial charge in [-0.25, -0.2) is 4.98 Å². The quantitative estimate of drug-likeness (QED) is 0.838. The van der Waals surface area contributed by atoms with Gasteiger partial charge in [0.15, 0.2) is 0 Å². The lowest BCUT2D eigenvalue weighted by atomic mass is 9.93. The van der Waals surface area contributed by atoms with Gasteiger partial charge in [-0.05, 0) is 24.3 Å². The predicted molar refractivity (Wildman–Crippen MR) is 86.0 cm³/mol. The van der Waals surface area contributed by atoms with Gasteiger partial charge in [0.05, 0.1) is 5.69 Å². The lowest BCUT2D eigenvalue weighted by molar-refractivity contribution is 0.498. The summed E-state index contributed by atoms with van der Waals surface area (Å²) in [5, 5.41) is 3.23. The van der Waals surface area contributed by atoms with Gasteiger partial charge in [-0.1, -0.05) is 26.0 Å². The molecule has 0 saturated heterocycles. The molecule has 0 aliphatic rings. The third-order valence-corrected chi connectivity index (χ3v) is 4.95. The average Bonchev–Trinajstić information content (AvgIpc) is 2.89. The van der Waals surface area contributed by atoms with Gasteiger partial charge in [0.2, 0.25) is 0 Å². The zero-order chi connectivity index (χ0) is 13.8. The molecule has 1 heterocycles. The van der Waals surface area contributed by atoms with Gasteiger partial charge >= 0.3 is 0 Å². The van der Waals surface area contributed by atoms with Crippen molar-refractivity contribution in [3.05, 3.63) is 35.3 Å². The molecule has 19 heavy (non-hydrogen) atoms. The van der Waals surface area contributed by atoms with Crippen LogP contribution >= 0.6 is 23.1 Å². The Bertz CT molecular complexity index is 517. The first-order valence-corrected chi connectivity index (χ1v) is 8.56. The number of nitrogens with two attached hydrogens (primary N) is 1. The first-order chi connectivity index (χ1) is 9.15. The number of aromatic nitrogens is 1. The van der Waals surface area contributed by atoms with Gasteiger partial charge in [-0.2, -0.15) is 0 Å². The van der Waals surface area contributed by atoms with Crippen molar-refractivity contribution in [3.8, 4) is 10.6 Å². The van der Waals surface area contributed by atoms with Crippen LogP contribution in [0, 0.1) is 5.92 Å². The molecule has 4 heteroatoms. The summed E-state index contributed by atoms with van der Waals surface area (Å²) in [6, 6.07) is 8.57. The highest BCUT2D eigenvalue weighted by molar-refractivity contribution is 7.98. The molecule has 0 spiro atoms. The predicted octanol–water partition coefficient (Wildman–Crippen LogP) is 4.23. The molecule has 0 fully saturated rings. The molecular weight excluding hydrogens is 272 g/mol. The fraction of sp³-hybridized carbons (Fsp3) is 0.400.